The quantitative estimate of drug-likeness (QED) is 0.427. The second kappa shape index (κ2) is 10.4. The van der Waals surface area contributed by atoms with Crippen LogP contribution in [0.3, 0.4) is 0 Å². The molecule has 204 valence electrons. The van der Waals surface area contributed by atoms with Gasteiger partial charge >= 0.3 is 0 Å². The number of aryl methyl sites for hydroxylation is 1. The third-order valence-corrected chi connectivity index (χ3v) is 8.77. The highest BCUT2D eigenvalue weighted by molar-refractivity contribution is 6.30. The number of hydrogen-bond acceptors (Lipinski definition) is 6. The Morgan fingerprint density at radius 3 is 2.87 bits per heavy atom. The Bertz CT molecular complexity index is 1460. The van der Waals surface area contributed by atoms with E-state index in [9.17, 15) is 9.90 Å². The second-order valence-corrected chi connectivity index (χ2v) is 11.6. The molecule has 2 aromatic carbocycles. The molecule has 2 fully saturated rings. The number of rotatable bonds is 6. The summed E-state index contributed by atoms with van der Waals surface area (Å²) < 4.78 is 0. The van der Waals surface area contributed by atoms with Gasteiger partial charge in [-0.05, 0) is 74.3 Å². The molecule has 39 heavy (non-hydrogen) atoms. The van der Waals surface area contributed by atoms with Gasteiger partial charge in [0.2, 0.25) is 5.91 Å². The molecular formula is C30H35ClN6O2. The van der Waals surface area contributed by atoms with E-state index >= 15 is 0 Å². The van der Waals surface area contributed by atoms with Crippen LogP contribution in [0.1, 0.15) is 48.7 Å². The standard InChI is InChI=1S/C30H35ClN6O2/c1-3-36-11-8-30(17-36)9-12-37(18-30)22-13-19(2)27-24(15-22)34-28(35-27)26-23(7-10-32-29(26)39)33-16-25(38)20-5-4-6-21(31)14-20/h4-7,10,13-15,25-26,38H,3,8-9,11-12,16-18H2,1-2H3,(H,32,39)(H,34,35)/t25-,26?,30?/m1/s1. The lowest BCUT2D eigenvalue weighted by atomic mass is 9.86. The summed E-state index contributed by atoms with van der Waals surface area (Å²) >= 11 is 6.08. The summed E-state index contributed by atoms with van der Waals surface area (Å²) in [5.74, 6) is -0.339. The molecule has 2 saturated heterocycles. The number of nitrogens with one attached hydrogen (secondary N) is 2. The molecule has 3 aromatic rings. The largest absolute Gasteiger partial charge is 0.386 e. The molecule has 1 aromatic heterocycles. The number of imidazole rings is 1. The van der Waals surface area contributed by atoms with E-state index in [-0.39, 0.29) is 12.5 Å². The van der Waals surface area contributed by atoms with E-state index in [4.69, 9.17) is 16.6 Å². The fraction of sp³-hybridized carbons (Fsp3) is 0.433. The Balaban J connectivity index is 1.25. The summed E-state index contributed by atoms with van der Waals surface area (Å²) in [5.41, 5.74) is 5.70. The summed E-state index contributed by atoms with van der Waals surface area (Å²) in [6.45, 7) is 10.1. The van der Waals surface area contributed by atoms with E-state index < -0.39 is 12.0 Å². The molecule has 0 aliphatic carbocycles. The SMILES string of the molecule is CCN1CCC2(CCN(c3cc(C)c4nc(C5C(=O)NC=CC5=NC[C@@H](O)c5cccc(Cl)c5)[nH]c4c3)C2)C1. The van der Waals surface area contributed by atoms with E-state index in [1.165, 1.54) is 31.6 Å². The molecule has 0 saturated carbocycles. The molecule has 0 radical (unpaired) electrons. The zero-order valence-electron chi connectivity index (χ0n) is 22.5. The van der Waals surface area contributed by atoms with E-state index in [2.05, 4.69) is 51.1 Å². The van der Waals surface area contributed by atoms with E-state index in [1.54, 1.807) is 30.5 Å². The zero-order valence-corrected chi connectivity index (χ0v) is 23.2. The van der Waals surface area contributed by atoms with Crippen LogP contribution in [-0.4, -0.2) is 70.9 Å². The number of aliphatic hydroxyl groups excluding tert-OH is 1. The minimum absolute atomic E-state index is 0.110. The van der Waals surface area contributed by atoms with Gasteiger partial charge in [0.05, 0.1) is 29.4 Å². The predicted octanol–water partition coefficient (Wildman–Crippen LogP) is 4.35. The number of H-pyrrole nitrogens is 1. The van der Waals surface area contributed by atoms with Crippen molar-refractivity contribution in [1.82, 2.24) is 20.2 Å². The van der Waals surface area contributed by atoms with Gasteiger partial charge in [-0.3, -0.25) is 9.79 Å². The summed E-state index contributed by atoms with van der Waals surface area (Å²) in [6.07, 6.45) is 5.02. The number of anilines is 1. The van der Waals surface area contributed by atoms with Crippen LogP contribution in [0.4, 0.5) is 5.69 Å². The number of hydrogen-bond donors (Lipinski definition) is 3. The minimum Gasteiger partial charge on any atom is -0.386 e. The summed E-state index contributed by atoms with van der Waals surface area (Å²) in [5, 5.41) is 14.0. The summed E-state index contributed by atoms with van der Waals surface area (Å²) in [6, 6.07) is 11.5. The van der Waals surface area contributed by atoms with Crippen molar-refractivity contribution in [2.45, 2.75) is 38.7 Å². The van der Waals surface area contributed by atoms with Crippen LogP contribution < -0.4 is 10.2 Å². The maximum absolute atomic E-state index is 13.0. The van der Waals surface area contributed by atoms with Crippen LogP contribution >= 0.6 is 11.6 Å². The van der Waals surface area contributed by atoms with Crippen molar-refractivity contribution in [2.24, 2.45) is 10.4 Å². The van der Waals surface area contributed by atoms with Crippen molar-refractivity contribution in [1.29, 1.82) is 0 Å². The number of fused-ring (bicyclic) bond motifs is 1. The second-order valence-electron chi connectivity index (χ2n) is 11.2. The third-order valence-electron chi connectivity index (χ3n) is 8.54. The van der Waals surface area contributed by atoms with Gasteiger partial charge in [0.1, 0.15) is 11.7 Å². The first-order valence-corrected chi connectivity index (χ1v) is 14.1. The predicted molar refractivity (Wildman–Crippen MR) is 156 cm³/mol. The number of benzene rings is 2. The fourth-order valence-corrected chi connectivity index (χ4v) is 6.54. The van der Waals surface area contributed by atoms with Gasteiger partial charge in [0.25, 0.3) is 0 Å². The number of amides is 1. The van der Waals surface area contributed by atoms with Crippen LogP contribution in [0, 0.1) is 12.3 Å². The van der Waals surface area contributed by atoms with Gasteiger partial charge in [0, 0.05) is 42.0 Å². The normalized spacial score (nSPS) is 25.3. The summed E-state index contributed by atoms with van der Waals surface area (Å²) in [7, 11) is 0. The van der Waals surface area contributed by atoms with Gasteiger partial charge in [-0.25, -0.2) is 4.98 Å². The number of allylic oxidation sites excluding steroid dienone is 1. The van der Waals surface area contributed by atoms with Crippen LogP contribution in [-0.2, 0) is 4.79 Å². The van der Waals surface area contributed by atoms with Gasteiger partial charge in [0.15, 0.2) is 0 Å². The number of aromatic amines is 1. The highest BCUT2D eigenvalue weighted by atomic mass is 35.5. The van der Waals surface area contributed by atoms with Crippen molar-refractivity contribution in [3.63, 3.8) is 0 Å². The molecule has 4 heterocycles. The summed E-state index contributed by atoms with van der Waals surface area (Å²) in [4.78, 5) is 31.0. The Labute approximate surface area is 233 Å². The Morgan fingerprint density at radius 2 is 2.08 bits per heavy atom. The molecule has 1 spiro atoms. The molecule has 3 aliphatic rings. The number of nitrogens with zero attached hydrogens (tertiary/aromatic N) is 4. The lowest BCUT2D eigenvalue weighted by Crippen LogP contribution is -2.35. The number of aliphatic hydroxyl groups is 1. The van der Waals surface area contributed by atoms with Gasteiger partial charge in [-0.2, -0.15) is 0 Å². The van der Waals surface area contributed by atoms with Gasteiger partial charge in [-0.15, -0.1) is 0 Å². The molecule has 6 rings (SSSR count). The monoisotopic (exact) mass is 546 g/mol. The zero-order chi connectivity index (χ0) is 27.1. The van der Waals surface area contributed by atoms with E-state index in [0.29, 0.717) is 27.5 Å². The molecule has 9 heteroatoms. The molecule has 3 atom stereocenters. The Morgan fingerprint density at radius 1 is 1.23 bits per heavy atom. The molecule has 3 aliphatic heterocycles. The molecule has 0 bridgehead atoms. The van der Waals surface area contributed by atoms with E-state index in [1.807, 2.05) is 6.07 Å². The number of carbonyl (C=O) groups excluding carboxylic acids is 1. The van der Waals surface area contributed by atoms with Gasteiger partial charge in [-0.1, -0.05) is 30.7 Å². The van der Waals surface area contributed by atoms with Crippen LogP contribution in [0.2, 0.25) is 5.02 Å². The maximum Gasteiger partial charge on any atom is 0.240 e. The highest BCUT2D eigenvalue weighted by Gasteiger charge is 2.43. The fourth-order valence-electron chi connectivity index (χ4n) is 6.34. The van der Waals surface area contributed by atoms with E-state index in [0.717, 1.165) is 36.2 Å². The number of halogens is 1. The van der Waals surface area contributed by atoms with Crippen molar-refractivity contribution >= 4 is 39.9 Å². The Hall–Kier alpha value is -3.20. The van der Waals surface area contributed by atoms with Crippen LogP contribution in [0.15, 0.2) is 53.7 Å². The van der Waals surface area contributed by atoms with Gasteiger partial charge < -0.3 is 25.2 Å². The molecule has 8 nitrogen and oxygen atoms in total. The number of aliphatic imine (C=N–C) groups is 1. The van der Waals surface area contributed by atoms with Crippen molar-refractivity contribution in [3.8, 4) is 0 Å². The number of likely N-dealkylation sites (tertiary alicyclic amines) is 1. The first-order valence-electron chi connectivity index (χ1n) is 13.8. The lowest BCUT2D eigenvalue weighted by Gasteiger charge is -2.25. The minimum atomic E-state index is -0.830. The van der Waals surface area contributed by atoms with Crippen molar-refractivity contribution in [2.75, 3.05) is 44.2 Å². The third kappa shape index (κ3) is 5.09. The highest BCUT2D eigenvalue weighted by Crippen LogP contribution is 2.41. The lowest BCUT2D eigenvalue weighted by molar-refractivity contribution is -0.120. The first kappa shape index (κ1) is 26.0. The average Bonchev–Trinajstić information content (AvgIpc) is 3.66. The number of aromatic nitrogens is 2. The van der Waals surface area contributed by atoms with Crippen molar-refractivity contribution < 1.29 is 9.90 Å². The number of carbonyl (C=O) groups is 1. The Kier molecular flexibility index (Phi) is 6.95. The molecule has 1 amide bonds. The molecule has 3 N–H and O–H groups in total. The average molecular weight is 547 g/mol. The van der Waals surface area contributed by atoms with Crippen molar-refractivity contribution in [3.05, 3.63) is 70.6 Å². The molecule has 2 unspecified atom stereocenters. The van der Waals surface area contributed by atoms with Crippen LogP contribution in [0.25, 0.3) is 11.0 Å². The smallest absolute Gasteiger partial charge is 0.240 e. The van der Waals surface area contributed by atoms with Crippen LogP contribution in [0.5, 0.6) is 0 Å². The topological polar surface area (TPSA) is 96.8 Å². The molecular weight excluding hydrogens is 512 g/mol. The maximum atomic E-state index is 13.0. The first-order chi connectivity index (χ1) is 18.8.